The highest BCUT2D eigenvalue weighted by Gasteiger charge is 2.31. The Labute approximate surface area is 137 Å². The maximum Gasteiger partial charge on any atom is 0.175 e. The summed E-state index contributed by atoms with van der Waals surface area (Å²) in [5.41, 5.74) is 3.78. The molecule has 124 valence electrons. The van der Waals surface area contributed by atoms with Crippen molar-refractivity contribution in [3.05, 3.63) is 29.5 Å². The van der Waals surface area contributed by atoms with Gasteiger partial charge in [-0.1, -0.05) is 0 Å². The Morgan fingerprint density at radius 2 is 2.04 bits per heavy atom. The lowest BCUT2D eigenvalue weighted by Gasteiger charge is -2.20. The van der Waals surface area contributed by atoms with Crippen LogP contribution in [0.15, 0.2) is 23.1 Å². The van der Waals surface area contributed by atoms with Crippen LogP contribution < -0.4 is 0 Å². The van der Waals surface area contributed by atoms with Crippen LogP contribution in [0.2, 0.25) is 0 Å². The van der Waals surface area contributed by atoms with E-state index in [0.29, 0.717) is 16.9 Å². The highest BCUT2D eigenvalue weighted by Crippen LogP contribution is 2.44. The number of hydrogen-bond acceptors (Lipinski definition) is 3. The number of hydrogen-bond donors (Lipinski definition) is 1. The average molecular weight is 332 g/mol. The molecule has 0 radical (unpaired) electrons. The summed E-state index contributed by atoms with van der Waals surface area (Å²) in [6.45, 7) is 1.17. The molecule has 1 aliphatic heterocycles. The first kappa shape index (κ1) is 15.2. The molecule has 1 aliphatic carbocycles. The third-order valence-corrected chi connectivity index (χ3v) is 6.55. The molecule has 2 aromatic rings. The van der Waals surface area contributed by atoms with E-state index in [9.17, 15) is 8.42 Å². The van der Waals surface area contributed by atoms with Gasteiger partial charge in [0.1, 0.15) is 0 Å². The van der Waals surface area contributed by atoms with Crippen molar-refractivity contribution in [2.45, 2.75) is 49.0 Å². The van der Waals surface area contributed by atoms with Gasteiger partial charge in [0.05, 0.1) is 4.90 Å². The Morgan fingerprint density at radius 3 is 2.65 bits per heavy atom. The van der Waals surface area contributed by atoms with Crippen LogP contribution in [0.4, 0.5) is 0 Å². The number of benzene rings is 1. The van der Waals surface area contributed by atoms with Gasteiger partial charge in [-0.3, -0.25) is 0 Å². The van der Waals surface area contributed by atoms with Crippen molar-refractivity contribution in [3.8, 4) is 0 Å². The van der Waals surface area contributed by atoms with Crippen molar-refractivity contribution in [1.82, 2.24) is 9.88 Å². The maximum atomic E-state index is 11.9. The van der Waals surface area contributed by atoms with Gasteiger partial charge in [0.2, 0.25) is 0 Å². The zero-order valence-corrected chi connectivity index (χ0v) is 14.6. The van der Waals surface area contributed by atoms with Crippen molar-refractivity contribution < 1.29 is 8.42 Å². The lowest BCUT2D eigenvalue weighted by Crippen LogP contribution is -2.27. The van der Waals surface area contributed by atoms with Gasteiger partial charge in [-0.25, -0.2) is 8.42 Å². The van der Waals surface area contributed by atoms with Crippen LogP contribution in [0, 0.1) is 0 Å². The molecule has 1 saturated heterocycles. The number of nitrogens with zero attached hydrogens (tertiary/aromatic N) is 1. The fourth-order valence-electron chi connectivity index (χ4n) is 3.89. The zero-order chi connectivity index (χ0) is 16.2. The van der Waals surface area contributed by atoms with Gasteiger partial charge < -0.3 is 9.88 Å². The molecule has 5 heteroatoms. The third-order valence-electron chi connectivity index (χ3n) is 5.44. The van der Waals surface area contributed by atoms with E-state index in [4.69, 9.17) is 0 Å². The van der Waals surface area contributed by atoms with Crippen LogP contribution in [-0.4, -0.2) is 44.2 Å². The average Bonchev–Trinajstić information content (AvgIpc) is 3.17. The molecular weight excluding hydrogens is 308 g/mol. The second-order valence-corrected chi connectivity index (χ2v) is 9.27. The van der Waals surface area contributed by atoms with E-state index in [1.165, 1.54) is 49.7 Å². The van der Waals surface area contributed by atoms with Crippen LogP contribution in [-0.2, 0) is 16.3 Å². The summed E-state index contributed by atoms with van der Waals surface area (Å²) >= 11 is 0. The first-order valence-electron chi connectivity index (χ1n) is 8.48. The largest absolute Gasteiger partial charge is 0.358 e. The standard InChI is InChI=1S/C18H24N2O2S/c1-20-9-3-4-13(20)10-16-15-11-14(23(2,21)22)7-8-17(15)19-18(16)12-5-6-12/h7-8,11-13,19H,3-6,9-10H2,1-2H3/t13-/m1/s1. The minimum Gasteiger partial charge on any atom is -0.358 e. The number of sulfone groups is 1. The lowest BCUT2D eigenvalue weighted by molar-refractivity contribution is 0.309. The van der Waals surface area contributed by atoms with Gasteiger partial charge in [0.25, 0.3) is 0 Å². The minimum atomic E-state index is -3.17. The maximum absolute atomic E-state index is 11.9. The molecule has 1 aromatic heterocycles. The molecule has 0 spiro atoms. The Morgan fingerprint density at radius 1 is 1.26 bits per heavy atom. The van der Waals surface area contributed by atoms with Crippen molar-refractivity contribution in [2.75, 3.05) is 19.8 Å². The van der Waals surface area contributed by atoms with Crippen LogP contribution in [0.3, 0.4) is 0 Å². The topological polar surface area (TPSA) is 53.2 Å². The van der Waals surface area contributed by atoms with Gasteiger partial charge in [-0.2, -0.15) is 0 Å². The van der Waals surface area contributed by atoms with Crippen LogP contribution in [0.1, 0.15) is 42.9 Å². The normalized spacial score (nSPS) is 23.0. The smallest absolute Gasteiger partial charge is 0.175 e. The predicted molar refractivity (Wildman–Crippen MR) is 92.7 cm³/mol. The number of fused-ring (bicyclic) bond motifs is 1. The summed E-state index contributed by atoms with van der Waals surface area (Å²) in [6, 6.07) is 6.10. The Kier molecular flexibility index (Phi) is 3.54. The second-order valence-electron chi connectivity index (χ2n) is 7.25. The molecule has 1 N–H and O–H groups in total. The van der Waals surface area contributed by atoms with Gasteiger partial charge in [-0.05, 0) is 75.4 Å². The second kappa shape index (κ2) is 5.35. The molecule has 0 bridgehead atoms. The van der Waals surface area contributed by atoms with Crippen molar-refractivity contribution in [1.29, 1.82) is 0 Å². The SMILES string of the molecule is CN1CCC[C@@H]1Cc1c(C2CC2)[nH]c2ccc(S(C)(=O)=O)cc12. The summed E-state index contributed by atoms with van der Waals surface area (Å²) in [7, 11) is -0.969. The highest BCUT2D eigenvalue weighted by molar-refractivity contribution is 7.90. The highest BCUT2D eigenvalue weighted by atomic mass is 32.2. The van der Waals surface area contributed by atoms with E-state index in [-0.39, 0.29) is 0 Å². The van der Waals surface area contributed by atoms with Gasteiger partial charge in [0.15, 0.2) is 9.84 Å². The van der Waals surface area contributed by atoms with Gasteiger partial charge in [0, 0.05) is 28.9 Å². The molecule has 1 aromatic carbocycles. The van der Waals surface area contributed by atoms with Gasteiger partial charge in [-0.15, -0.1) is 0 Å². The fraction of sp³-hybridized carbons (Fsp3) is 0.556. The monoisotopic (exact) mass is 332 g/mol. The quantitative estimate of drug-likeness (QED) is 0.936. The van der Waals surface area contributed by atoms with E-state index in [0.717, 1.165) is 17.3 Å². The Hall–Kier alpha value is -1.33. The van der Waals surface area contributed by atoms with Crippen molar-refractivity contribution >= 4 is 20.7 Å². The third kappa shape index (κ3) is 2.81. The van der Waals surface area contributed by atoms with Crippen LogP contribution in [0.5, 0.6) is 0 Å². The molecule has 4 rings (SSSR count). The summed E-state index contributed by atoms with van der Waals surface area (Å²) < 4.78 is 23.8. The van der Waals surface area contributed by atoms with E-state index >= 15 is 0 Å². The molecule has 0 unspecified atom stereocenters. The first-order chi connectivity index (χ1) is 10.9. The number of nitrogens with one attached hydrogen (secondary N) is 1. The molecular formula is C18H24N2O2S. The van der Waals surface area contributed by atoms with Crippen molar-refractivity contribution in [3.63, 3.8) is 0 Å². The van der Waals surface area contributed by atoms with Crippen molar-refractivity contribution in [2.24, 2.45) is 0 Å². The first-order valence-corrected chi connectivity index (χ1v) is 10.4. The number of rotatable bonds is 4. The predicted octanol–water partition coefficient (Wildman–Crippen LogP) is 3.09. The summed E-state index contributed by atoms with van der Waals surface area (Å²) in [6.07, 6.45) is 7.30. The van der Waals surface area contributed by atoms with Crippen LogP contribution >= 0.6 is 0 Å². The Bertz CT molecular complexity index is 849. The summed E-state index contributed by atoms with van der Waals surface area (Å²) in [4.78, 5) is 6.44. The number of H-pyrrole nitrogens is 1. The molecule has 2 heterocycles. The molecule has 2 aliphatic rings. The summed E-state index contributed by atoms with van der Waals surface area (Å²) in [5, 5.41) is 1.11. The van der Waals surface area contributed by atoms with E-state index < -0.39 is 9.84 Å². The van der Waals surface area contributed by atoms with E-state index in [1.54, 1.807) is 6.07 Å². The van der Waals surface area contributed by atoms with Gasteiger partial charge >= 0.3 is 0 Å². The zero-order valence-electron chi connectivity index (χ0n) is 13.8. The fourth-order valence-corrected chi connectivity index (χ4v) is 4.54. The molecule has 23 heavy (non-hydrogen) atoms. The molecule has 1 atom stereocenters. The lowest BCUT2D eigenvalue weighted by atomic mass is 9.99. The number of aromatic nitrogens is 1. The summed E-state index contributed by atoms with van der Waals surface area (Å²) in [5.74, 6) is 0.644. The van der Waals surface area contributed by atoms with E-state index in [2.05, 4.69) is 16.9 Å². The number of aromatic amines is 1. The minimum absolute atomic E-state index is 0.423. The van der Waals surface area contributed by atoms with E-state index in [1.807, 2.05) is 12.1 Å². The molecule has 4 nitrogen and oxygen atoms in total. The molecule has 0 amide bonds. The number of likely N-dealkylation sites (N-methyl/N-ethyl adjacent to an activating group) is 1. The molecule has 1 saturated carbocycles. The Balaban J connectivity index is 1.82. The molecule has 2 fully saturated rings. The van der Waals surface area contributed by atoms with Crippen LogP contribution in [0.25, 0.3) is 10.9 Å². The number of likely N-dealkylation sites (tertiary alicyclic amines) is 1.